The molecule has 3 aromatic heterocycles. The Kier molecular flexibility index (Phi) is 6.72. The van der Waals surface area contributed by atoms with Crippen molar-refractivity contribution >= 4 is 44.2 Å². The topological polar surface area (TPSA) is 73.9 Å². The number of anilines is 1. The third-order valence-corrected chi connectivity index (χ3v) is 9.06. The minimum atomic E-state index is 0.0376. The zero-order valence-corrected chi connectivity index (χ0v) is 23.7. The number of aryl methyl sites for hydroxylation is 1. The largest absolute Gasteiger partial charge is 0.379 e. The van der Waals surface area contributed by atoms with Crippen LogP contribution >= 0.6 is 11.3 Å². The number of hydrogen-bond acceptors (Lipinski definition) is 5. The number of aromatic amines is 1. The molecule has 7 heteroatoms. The smallest absolute Gasteiger partial charge is 0.257 e. The number of hydrogen-bond donors (Lipinski definition) is 2. The Hall–Kier alpha value is -4.49. The summed E-state index contributed by atoms with van der Waals surface area (Å²) >= 11 is 1.60. The van der Waals surface area contributed by atoms with E-state index in [0.29, 0.717) is 18.0 Å². The summed E-state index contributed by atoms with van der Waals surface area (Å²) in [6, 6.07) is 27.1. The molecule has 3 aromatic carbocycles. The van der Waals surface area contributed by atoms with Crippen LogP contribution < -0.4 is 5.32 Å². The highest BCUT2D eigenvalue weighted by Crippen LogP contribution is 2.39. The van der Waals surface area contributed by atoms with Crippen LogP contribution in [-0.4, -0.2) is 38.8 Å². The van der Waals surface area contributed by atoms with Gasteiger partial charge in [-0.15, -0.1) is 11.3 Å². The molecule has 1 saturated heterocycles. The fourth-order valence-corrected chi connectivity index (χ4v) is 6.86. The molecule has 0 aliphatic carbocycles. The lowest BCUT2D eigenvalue weighted by atomic mass is 9.89. The number of H-pyrrole nitrogens is 1. The van der Waals surface area contributed by atoms with Crippen molar-refractivity contribution in [1.82, 2.24) is 19.9 Å². The van der Waals surface area contributed by atoms with Crippen molar-refractivity contribution < 1.29 is 4.79 Å². The summed E-state index contributed by atoms with van der Waals surface area (Å²) in [5, 5.41) is 5.71. The molecule has 1 amide bonds. The second kappa shape index (κ2) is 10.8. The number of amides is 1. The maximum Gasteiger partial charge on any atom is 0.257 e. The van der Waals surface area contributed by atoms with Crippen LogP contribution in [-0.2, 0) is 6.54 Å². The summed E-state index contributed by atoms with van der Waals surface area (Å²) in [5.74, 6) is 1.32. The number of likely N-dealkylation sites (tertiary alicyclic amines) is 1. The molecular weight excluding hydrogens is 526 g/mol. The number of nitrogens with one attached hydrogen (secondary N) is 2. The fourth-order valence-electron chi connectivity index (χ4n) is 5.83. The number of thiophene rings is 1. The van der Waals surface area contributed by atoms with Gasteiger partial charge in [0.25, 0.3) is 5.91 Å². The quantitative estimate of drug-likeness (QED) is 0.219. The number of fused-ring (bicyclic) bond motifs is 2. The first-order chi connectivity index (χ1) is 20.1. The van der Waals surface area contributed by atoms with Gasteiger partial charge in [0.05, 0.1) is 38.1 Å². The van der Waals surface area contributed by atoms with Gasteiger partial charge in [-0.3, -0.25) is 9.78 Å². The highest BCUT2D eigenvalue weighted by Gasteiger charge is 2.28. The predicted molar refractivity (Wildman–Crippen MR) is 168 cm³/mol. The van der Waals surface area contributed by atoms with Crippen molar-refractivity contribution in [2.24, 2.45) is 0 Å². The van der Waals surface area contributed by atoms with Gasteiger partial charge < -0.3 is 15.2 Å². The van der Waals surface area contributed by atoms with Gasteiger partial charge in [-0.2, -0.15) is 0 Å². The molecule has 0 bridgehead atoms. The Labute approximate surface area is 243 Å². The third-order valence-electron chi connectivity index (χ3n) is 8.07. The van der Waals surface area contributed by atoms with E-state index in [4.69, 9.17) is 9.97 Å². The first-order valence-corrected chi connectivity index (χ1v) is 15.0. The minimum Gasteiger partial charge on any atom is -0.379 e. The minimum absolute atomic E-state index is 0.0376. The lowest BCUT2D eigenvalue weighted by Gasteiger charge is -2.32. The van der Waals surface area contributed by atoms with Gasteiger partial charge in [0.2, 0.25) is 0 Å². The van der Waals surface area contributed by atoms with Gasteiger partial charge >= 0.3 is 0 Å². The van der Waals surface area contributed by atoms with Crippen LogP contribution in [0.3, 0.4) is 0 Å². The Balaban J connectivity index is 1.22. The molecule has 6 aromatic rings. The maximum absolute atomic E-state index is 14.0. The van der Waals surface area contributed by atoms with Crippen molar-refractivity contribution in [3.05, 3.63) is 113 Å². The van der Waals surface area contributed by atoms with Crippen molar-refractivity contribution in [2.45, 2.75) is 32.2 Å². The maximum atomic E-state index is 14.0. The van der Waals surface area contributed by atoms with Crippen molar-refractivity contribution in [1.29, 1.82) is 0 Å². The van der Waals surface area contributed by atoms with Gasteiger partial charge in [-0.1, -0.05) is 66.7 Å². The summed E-state index contributed by atoms with van der Waals surface area (Å²) in [5.41, 5.74) is 8.90. The van der Waals surface area contributed by atoms with Gasteiger partial charge in [0, 0.05) is 31.2 Å². The van der Waals surface area contributed by atoms with E-state index in [1.54, 1.807) is 17.5 Å². The number of nitrogens with zero attached hydrogens (tertiary/aromatic N) is 3. The number of carbonyl (C=O) groups excluding carboxylic acids is 1. The highest BCUT2D eigenvalue weighted by molar-refractivity contribution is 7.18. The summed E-state index contributed by atoms with van der Waals surface area (Å²) in [7, 11) is 0. The van der Waals surface area contributed by atoms with Gasteiger partial charge in [0.15, 0.2) is 0 Å². The van der Waals surface area contributed by atoms with Gasteiger partial charge in [-0.25, -0.2) is 4.98 Å². The Morgan fingerprint density at radius 1 is 1.02 bits per heavy atom. The SMILES string of the molecule is Cc1ccc2nc(-c3csc4c(NCc5ccccc5)c(C(=O)N5CCC(c6ccccc6)CC5)cnc34)[nH]c2c1. The van der Waals surface area contributed by atoms with Crippen molar-refractivity contribution in [2.75, 3.05) is 18.4 Å². The zero-order chi connectivity index (χ0) is 27.8. The van der Waals surface area contributed by atoms with Gasteiger partial charge in [0.1, 0.15) is 5.82 Å². The lowest BCUT2D eigenvalue weighted by molar-refractivity contribution is 0.0713. The van der Waals surface area contributed by atoms with Crippen LogP contribution in [0.2, 0.25) is 0 Å². The fraction of sp³-hybridized carbons (Fsp3) is 0.206. The number of aromatic nitrogens is 3. The number of carbonyl (C=O) groups is 1. The van der Waals surface area contributed by atoms with E-state index in [-0.39, 0.29) is 5.91 Å². The molecule has 0 saturated carbocycles. The molecule has 4 heterocycles. The van der Waals surface area contributed by atoms with Gasteiger partial charge in [-0.05, 0) is 54.5 Å². The second-order valence-corrected chi connectivity index (χ2v) is 11.7. The van der Waals surface area contributed by atoms with Crippen LogP contribution in [0.15, 0.2) is 90.4 Å². The van der Waals surface area contributed by atoms with E-state index in [9.17, 15) is 4.79 Å². The first kappa shape index (κ1) is 25.5. The molecule has 0 spiro atoms. The first-order valence-electron chi connectivity index (χ1n) is 14.1. The Morgan fingerprint density at radius 2 is 1.78 bits per heavy atom. The van der Waals surface area contributed by atoms with E-state index in [0.717, 1.165) is 69.8 Å². The molecule has 204 valence electrons. The molecule has 0 unspecified atom stereocenters. The monoisotopic (exact) mass is 557 g/mol. The average molecular weight is 558 g/mol. The molecule has 1 aliphatic rings. The molecule has 1 aliphatic heterocycles. The predicted octanol–water partition coefficient (Wildman–Crippen LogP) is 7.78. The van der Waals surface area contributed by atoms with Crippen LogP contribution in [0.4, 0.5) is 5.69 Å². The Bertz CT molecular complexity index is 1840. The summed E-state index contributed by atoms with van der Waals surface area (Å²) in [6.07, 6.45) is 3.68. The number of imidazole rings is 1. The van der Waals surface area contributed by atoms with Crippen molar-refractivity contribution in [3.8, 4) is 11.4 Å². The normalized spacial score (nSPS) is 14.1. The Morgan fingerprint density at radius 3 is 2.56 bits per heavy atom. The van der Waals surface area contributed by atoms with Crippen LogP contribution in [0.5, 0.6) is 0 Å². The van der Waals surface area contributed by atoms with E-state index >= 15 is 0 Å². The molecule has 0 radical (unpaired) electrons. The standard InChI is InChI=1S/C34H31N5OS/c1-22-12-13-28-29(18-22)38-33(37-28)27-21-41-32-30(35-19-23-8-4-2-5-9-23)26(20-36-31(27)32)34(40)39-16-14-25(15-17-39)24-10-6-3-7-11-24/h2-13,18,20-21,25H,14-17,19H2,1H3,(H,35,36)(H,37,38). The molecule has 2 N–H and O–H groups in total. The van der Waals surface area contributed by atoms with Crippen LogP contribution in [0, 0.1) is 6.92 Å². The number of benzene rings is 3. The van der Waals surface area contributed by atoms with Crippen LogP contribution in [0.25, 0.3) is 32.6 Å². The highest BCUT2D eigenvalue weighted by atomic mass is 32.1. The van der Waals surface area contributed by atoms with E-state index in [1.165, 1.54) is 11.1 Å². The molecule has 0 atom stereocenters. The summed E-state index contributed by atoms with van der Waals surface area (Å²) < 4.78 is 0.970. The van der Waals surface area contributed by atoms with E-state index in [1.807, 2.05) is 29.2 Å². The molecule has 6 nitrogen and oxygen atoms in total. The molecule has 41 heavy (non-hydrogen) atoms. The van der Waals surface area contributed by atoms with Crippen LogP contribution in [0.1, 0.15) is 45.8 Å². The van der Waals surface area contributed by atoms with E-state index in [2.05, 4.69) is 77.2 Å². The number of pyridine rings is 1. The summed E-state index contributed by atoms with van der Waals surface area (Å²) in [4.78, 5) is 29.2. The molecule has 1 fully saturated rings. The summed E-state index contributed by atoms with van der Waals surface area (Å²) in [6.45, 7) is 4.17. The second-order valence-electron chi connectivity index (χ2n) is 10.8. The number of piperidine rings is 1. The third kappa shape index (κ3) is 4.98. The average Bonchev–Trinajstić information content (AvgIpc) is 3.64. The molecule has 7 rings (SSSR count). The number of rotatable bonds is 6. The molecular formula is C34H31N5OS. The van der Waals surface area contributed by atoms with Crippen molar-refractivity contribution in [3.63, 3.8) is 0 Å². The lowest BCUT2D eigenvalue weighted by Crippen LogP contribution is -2.38. The zero-order valence-electron chi connectivity index (χ0n) is 22.9. The van der Waals surface area contributed by atoms with E-state index < -0.39 is 0 Å².